The Hall–Kier alpha value is -0.0800. The topological polar surface area (TPSA) is 23.5 Å². The summed E-state index contributed by atoms with van der Waals surface area (Å²) in [5.74, 6) is 2.03. The van der Waals surface area contributed by atoms with E-state index in [1.54, 1.807) is 0 Å². The summed E-state index contributed by atoms with van der Waals surface area (Å²) in [7, 11) is 4.19. The van der Waals surface area contributed by atoms with E-state index >= 15 is 0 Å². The van der Waals surface area contributed by atoms with Crippen LogP contribution < -0.4 is 0 Å². The molecular formula is C10H19NO. The first-order chi connectivity index (χ1) is 5.68. The van der Waals surface area contributed by atoms with E-state index in [4.69, 9.17) is 0 Å². The van der Waals surface area contributed by atoms with Crippen molar-refractivity contribution in [2.45, 2.75) is 25.4 Å². The van der Waals surface area contributed by atoms with Crippen LogP contribution in [0.4, 0.5) is 0 Å². The Kier molecular flexibility index (Phi) is 2.13. The average molecular weight is 169 g/mol. The molecule has 0 aromatic carbocycles. The molecule has 2 heteroatoms. The number of aliphatic hydroxyl groups excluding tert-OH is 1. The zero-order chi connectivity index (χ0) is 8.72. The van der Waals surface area contributed by atoms with Gasteiger partial charge in [-0.15, -0.1) is 0 Å². The number of aliphatic hydroxyl groups is 1. The number of hydrogen-bond acceptors (Lipinski definition) is 2. The van der Waals surface area contributed by atoms with Gasteiger partial charge in [0.25, 0.3) is 0 Å². The van der Waals surface area contributed by atoms with Gasteiger partial charge < -0.3 is 10.0 Å². The van der Waals surface area contributed by atoms with Crippen molar-refractivity contribution in [1.82, 2.24) is 4.90 Å². The normalized spacial score (nSPS) is 46.0. The molecule has 0 spiro atoms. The van der Waals surface area contributed by atoms with Crippen LogP contribution in [0, 0.1) is 17.8 Å². The molecule has 2 aliphatic carbocycles. The van der Waals surface area contributed by atoms with Crippen LogP contribution >= 0.6 is 0 Å². The standard InChI is InChI=1S/C10H19NO/c1-11(2)6-9-7-3-4-8(5-7)10(9)12/h7-10,12H,3-6H2,1-2H3/t7-,8+,9-,10+/m1/s1. The number of nitrogens with zero attached hydrogens (tertiary/aromatic N) is 1. The van der Waals surface area contributed by atoms with E-state index < -0.39 is 0 Å². The van der Waals surface area contributed by atoms with Crippen LogP contribution in [0.15, 0.2) is 0 Å². The van der Waals surface area contributed by atoms with E-state index in [2.05, 4.69) is 19.0 Å². The average Bonchev–Trinajstić information content (AvgIpc) is 2.53. The largest absolute Gasteiger partial charge is 0.392 e. The summed E-state index contributed by atoms with van der Waals surface area (Å²) in [6, 6.07) is 0. The molecule has 0 amide bonds. The minimum absolute atomic E-state index is 0.00569. The lowest BCUT2D eigenvalue weighted by atomic mass is 9.86. The number of fused-ring (bicyclic) bond motifs is 2. The molecular weight excluding hydrogens is 150 g/mol. The highest BCUT2D eigenvalue weighted by Crippen LogP contribution is 2.48. The van der Waals surface area contributed by atoms with Gasteiger partial charge in [0.1, 0.15) is 0 Å². The van der Waals surface area contributed by atoms with Gasteiger partial charge >= 0.3 is 0 Å². The third-order valence-corrected chi connectivity index (χ3v) is 3.62. The minimum Gasteiger partial charge on any atom is -0.392 e. The fourth-order valence-electron chi connectivity index (χ4n) is 3.06. The molecule has 12 heavy (non-hydrogen) atoms. The maximum absolute atomic E-state index is 9.90. The second-order valence-corrected chi connectivity index (χ2v) is 4.75. The number of hydrogen-bond donors (Lipinski definition) is 1. The van der Waals surface area contributed by atoms with Gasteiger partial charge in [0.2, 0.25) is 0 Å². The van der Waals surface area contributed by atoms with Gasteiger partial charge in [-0.2, -0.15) is 0 Å². The van der Waals surface area contributed by atoms with Crippen LogP contribution in [0.5, 0.6) is 0 Å². The second-order valence-electron chi connectivity index (χ2n) is 4.75. The summed E-state index contributed by atoms with van der Waals surface area (Å²) in [5, 5.41) is 9.90. The SMILES string of the molecule is CN(C)C[C@@H]1[C@@H]2CC[C@@H](C2)[C@@H]1O. The Balaban J connectivity index is 1.98. The van der Waals surface area contributed by atoms with Gasteiger partial charge in [-0.05, 0) is 45.2 Å². The van der Waals surface area contributed by atoms with E-state index in [1.807, 2.05) is 0 Å². The Bertz CT molecular complexity index is 167. The number of rotatable bonds is 2. The van der Waals surface area contributed by atoms with Crippen molar-refractivity contribution in [3.05, 3.63) is 0 Å². The molecule has 0 radical (unpaired) electrons. The van der Waals surface area contributed by atoms with E-state index in [0.29, 0.717) is 11.8 Å². The third kappa shape index (κ3) is 1.27. The Morgan fingerprint density at radius 2 is 1.92 bits per heavy atom. The second kappa shape index (κ2) is 3.00. The van der Waals surface area contributed by atoms with Crippen molar-refractivity contribution in [3.8, 4) is 0 Å². The molecule has 2 aliphatic rings. The molecule has 2 fully saturated rings. The zero-order valence-corrected chi connectivity index (χ0v) is 8.03. The van der Waals surface area contributed by atoms with Gasteiger partial charge in [0, 0.05) is 12.5 Å². The summed E-state index contributed by atoms with van der Waals surface area (Å²) in [6.07, 6.45) is 3.93. The highest BCUT2D eigenvalue weighted by Gasteiger charge is 2.46. The summed E-state index contributed by atoms with van der Waals surface area (Å²) in [6.45, 7) is 1.07. The van der Waals surface area contributed by atoms with Crippen molar-refractivity contribution < 1.29 is 5.11 Å². The molecule has 0 aromatic heterocycles. The highest BCUT2D eigenvalue weighted by atomic mass is 16.3. The fourth-order valence-corrected chi connectivity index (χ4v) is 3.06. The smallest absolute Gasteiger partial charge is 0.0611 e. The maximum atomic E-state index is 9.90. The summed E-state index contributed by atoms with van der Waals surface area (Å²) >= 11 is 0. The van der Waals surface area contributed by atoms with E-state index in [-0.39, 0.29) is 6.10 Å². The predicted octanol–water partition coefficient (Wildman–Crippen LogP) is 0.955. The van der Waals surface area contributed by atoms with Crippen LogP contribution in [0.3, 0.4) is 0 Å². The summed E-state index contributed by atoms with van der Waals surface area (Å²) < 4.78 is 0. The molecule has 2 saturated carbocycles. The molecule has 2 rings (SSSR count). The van der Waals surface area contributed by atoms with Gasteiger partial charge in [0.05, 0.1) is 6.10 Å². The molecule has 70 valence electrons. The minimum atomic E-state index is 0.00569. The Morgan fingerprint density at radius 1 is 1.25 bits per heavy atom. The molecule has 2 nitrogen and oxygen atoms in total. The van der Waals surface area contributed by atoms with Gasteiger partial charge in [-0.3, -0.25) is 0 Å². The van der Waals surface area contributed by atoms with Crippen molar-refractivity contribution in [3.63, 3.8) is 0 Å². The highest BCUT2D eigenvalue weighted by molar-refractivity contribution is 4.97. The predicted molar refractivity (Wildman–Crippen MR) is 48.9 cm³/mol. The molecule has 1 N–H and O–H groups in total. The molecule has 2 bridgehead atoms. The quantitative estimate of drug-likeness (QED) is 0.665. The van der Waals surface area contributed by atoms with E-state index in [9.17, 15) is 5.11 Å². The van der Waals surface area contributed by atoms with Crippen molar-refractivity contribution in [1.29, 1.82) is 0 Å². The molecule has 0 heterocycles. The first kappa shape index (κ1) is 8.52. The maximum Gasteiger partial charge on any atom is 0.0611 e. The Morgan fingerprint density at radius 3 is 2.42 bits per heavy atom. The lowest BCUT2D eigenvalue weighted by molar-refractivity contribution is 0.0459. The monoisotopic (exact) mass is 169 g/mol. The van der Waals surface area contributed by atoms with Gasteiger partial charge in [-0.25, -0.2) is 0 Å². The van der Waals surface area contributed by atoms with Crippen LogP contribution in [-0.4, -0.2) is 36.8 Å². The summed E-state index contributed by atoms with van der Waals surface area (Å²) in [5.41, 5.74) is 0. The van der Waals surface area contributed by atoms with Gasteiger partial charge in [-0.1, -0.05) is 0 Å². The van der Waals surface area contributed by atoms with Crippen molar-refractivity contribution in [2.24, 2.45) is 17.8 Å². The molecule has 0 aromatic rings. The lowest BCUT2D eigenvalue weighted by Crippen LogP contribution is -2.35. The third-order valence-electron chi connectivity index (χ3n) is 3.62. The lowest BCUT2D eigenvalue weighted by Gasteiger charge is -2.29. The van der Waals surface area contributed by atoms with E-state index in [0.717, 1.165) is 12.5 Å². The first-order valence-electron chi connectivity index (χ1n) is 5.01. The van der Waals surface area contributed by atoms with Crippen LogP contribution in [0.1, 0.15) is 19.3 Å². The van der Waals surface area contributed by atoms with Crippen LogP contribution in [-0.2, 0) is 0 Å². The molecule has 0 unspecified atom stereocenters. The van der Waals surface area contributed by atoms with Crippen LogP contribution in [0.2, 0.25) is 0 Å². The van der Waals surface area contributed by atoms with E-state index in [1.165, 1.54) is 19.3 Å². The Labute approximate surface area is 74.6 Å². The molecule has 0 saturated heterocycles. The van der Waals surface area contributed by atoms with Crippen LogP contribution in [0.25, 0.3) is 0 Å². The van der Waals surface area contributed by atoms with Crippen molar-refractivity contribution in [2.75, 3.05) is 20.6 Å². The summed E-state index contributed by atoms with van der Waals surface area (Å²) in [4.78, 5) is 2.20. The van der Waals surface area contributed by atoms with Gasteiger partial charge in [0.15, 0.2) is 0 Å². The first-order valence-corrected chi connectivity index (χ1v) is 5.01. The zero-order valence-electron chi connectivity index (χ0n) is 8.03. The molecule has 0 aliphatic heterocycles. The van der Waals surface area contributed by atoms with Crippen molar-refractivity contribution >= 4 is 0 Å². The molecule has 4 atom stereocenters. The fraction of sp³-hybridized carbons (Fsp3) is 1.00.